The molecule has 10 heteroatoms. The zero-order valence-electron chi connectivity index (χ0n) is 17.0. The fourth-order valence-corrected chi connectivity index (χ4v) is 3.76. The lowest BCUT2D eigenvalue weighted by Crippen LogP contribution is -2.41. The lowest BCUT2D eigenvalue weighted by atomic mass is 9.92. The predicted octanol–water partition coefficient (Wildman–Crippen LogP) is 3.37. The van der Waals surface area contributed by atoms with Crippen LogP contribution in [-0.2, 0) is 16.9 Å². The van der Waals surface area contributed by atoms with E-state index in [-0.39, 0.29) is 18.3 Å². The number of carbonyl (C=O) groups excluding carboxylic acids is 2. The fraction of sp³-hybridized carbons (Fsp3) is 0.238. The highest BCUT2D eigenvalue weighted by Gasteiger charge is 2.50. The van der Waals surface area contributed by atoms with E-state index in [0.29, 0.717) is 27.6 Å². The third-order valence-electron chi connectivity index (χ3n) is 5.10. The van der Waals surface area contributed by atoms with E-state index in [1.54, 1.807) is 56.5 Å². The van der Waals surface area contributed by atoms with Crippen LogP contribution in [0.5, 0.6) is 11.5 Å². The Labute approximate surface area is 182 Å². The van der Waals surface area contributed by atoms with Gasteiger partial charge in [0.2, 0.25) is 11.7 Å². The van der Waals surface area contributed by atoms with Gasteiger partial charge in [-0.05, 0) is 25.1 Å². The van der Waals surface area contributed by atoms with E-state index in [4.69, 9.17) is 25.6 Å². The molecule has 2 aromatic carbocycles. The maximum absolute atomic E-state index is 13.1. The third-order valence-corrected chi connectivity index (χ3v) is 5.43. The second-order valence-electron chi connectivity index (χ2n) is 7.00. The van der Waals surface area contributed by atoms with E-state index in [9.17, 15) is 9.59 Å². The second-order valence-corrected chi connectivity index (χ2v) is 7.41. The Hall–Kier alpha value is -3.59. The number of methoxy groups -OCH3 is 2. The molecule has 0 spiro atoms. The first-order chi connectivity index (χ1) is 14.9. The van der Waals surface area contributed by atoms with Gasteiger partial charge >= 0.3 is 6.03 Å². The Balaban J connectivity index is 1.59. The van der Waals surface area contributed by atoms with E-state index >= 15 is 0 Å². The van der Waals surface area contributed by atoms with Gasteiger partial charge in [-0.3, -0.25) is 9.69 Å². The van der Waals surface area contributed by atoms with Gasteiger partial charge in [-0.1, -0.05) is 35.0 Å². The number of urea groups is 1. The van der Waals surface area contributed by atoms with Crippen molar-refractivity contribution in [2.24, 2.45) is 0 Å². The summed E-state index contributed by atoms with van der Waals surface area (Å²) < 4.78 is 15.8. The zero-order chi connectivity index (χ0) is 22.2. The lowest BCUT2D eigenvalue weighted by molar-refractivity contribution is -0.131. The smallest absolute Gasteiger partial charge is 0.325 e. The molecule has 31 heavy (non-hydrogen) atoms. The molecule has 2 heterocycles. The fourth-order valence-electron chi connectivity index (χ4n) is 3.44. The first-order valence-electron chi connectivity index (χ1n) is 9.31. The minimum atomic E-state index is -1.29. The number of benzene rings is 2. The van der Waals surface area contributed by atoms with Crippen LogP contribution in [0.25, 0.3) is 11.4 Å². The minimum absolute atomic E-state index is 0.0970. The van der Waals surface area contributed by atoms with Gasteiger partial charge in [0.25, 0.3) is 5.91 Å². The summed E-state index contributed by atoms with van der Waals surface area (Å²) >= 11 is 6.25. The van der Waals surface area contributed by atoms with Gasteiger partial charge in [-0.15, -0.1) is 0 Å². The molecule has 0 unspecified atom stereocenters. The van der Waals surface area contributed by atoms with Gasteiger partial charge < -0.3 is 19.3 Å². The molecule has 1 N–H and O–H groups in total. The summed E-state index contributed by atoms with van der Waals surface area (Å²) in [6, 6.07) is 11.4. The van der Waals surface area contributed by atoms with Crippen molar-refractivity contribution in [3.63, 3.8) is 0 Å². The monoisotopic (exact) mass is 442 g/mol. The molecular formula is C21H19ClN4O5. The standard InChI is InChI=1S/C21H19ClN4O5/c1-21(14-6-4-5-7-15(14)22)19(27)26(20(28)24-21)11-17-23-18(25-31-17)13-9-8-12(29-2)10-16(13)30-3/h4-10H,11H2,1-3H3,(H,24,28)/t21-/m0/s1. The first-order valence-corrected chi connectivity index (χ1v) is 9.69. The van der Waals surface area contributed by atoms with Crippen LogP contribution in [0.4, 0.5) is 4.79 Å². The Bertz CT molecular complexity index is 1160. The first kappa shape index (κ1) is 20.7. The molecule has 1 aromatic heterocycles. The average molecular weight is 443 g/mol. The highest BCUT2D eigenvalue weighted by atomic mass is 35.5. The van der Waals surface area contributed by atoms with E-state index in [0.717, 1.165) is 4.90 Å². The van der Waals surface area contributed by atoms with Gasteiger partial charge in [-0.2, -0.15) is 4.98 Å². The minimum Gasteiger partial charge on any atom is -0.497 e. The maximum atomic E-state index is 13.1. The van der Waals surface area contributed by atoms with Crippen molar-refractivity contribution in [3.8, 4) is 22.9 Å². The summed E-state index contributed by atoms with van der Waals surface area (Å²) in [6.45, 7) is 1.42. The van der Waals surface area contributed by atoms with Crippen molar-refractivity contribution < 1.29 is 23.6 Å². The highest BCUT2D eigenvalue weighted by Crippen LogP contribution is 2.35. The molecule has 0 aliphatic carbocycles. The van der Waals surface area contributed by atoms with Crippen LogP contribution in [0.1, 0.15) is 18.4 Å². The van der Waals surface area contributed by atoms with Crippen molar-refractivity contribution in [2.75, 3.05) is 14.2 Å². The molecule has 4 rings (SSSR count). The van der Waals surface area contributed by atoms with Gasteiger partial charge in [0.05, 0.1) is 19.8 Å². The lowest BCUT2D eigenvalue weighted by Gasteiger charge is -2.23. The number of imide groups is 1. The van der Waals surface area contributed by atoms with Crippen LogP contribution in [0.3, 0.4) is 0 Å². The molecule has 9 nitrogen and oxygen atoms in total. The number of halogens is 1. The van der Waals surface area contributed by atoms with Gasteiger partial charge in [0.15, 0.2) is 0 Å². The summed E-state index contributed by atoms with van der Waals surface area (Å²) in [5, 5.41) is 7.04. The Morgan fingerprint density at radius 1 is 1.16 bits per heavy atom. The topological polar surface area (TPSA) is 107 Å². The molecule has 1 aliphatic heterocycles. The molecule has 0 saturated carbocycles. The predicted molar refractivity (Wildman–Crippen MR) is 111 cm³/mol. The summed E-state index contributed by atoms with van der Waals surface area (Å²) in [5.74, 6) is 0.998. The van der Waals surface area contributed by atoms with Crippen molar-refractivity contribution >= 4 is 23.5 Å². The van der Waals surface area contributed by atoms with Crippen molar-refractivity contribution in [1.29, 1.82) is 0 Å². The van der Waals surface area contributed by atoms with Crippen LogP contribution in [0.15, 0.2) is 47.0 Å². The van der Waals surface area contributed by atoms with Crippen molar-refractivity contribution in [1.82, 2.24) is 20.4 Å². The number of nitrogens with zero attached hydrogens (tertiary/aromatic N) is 3. The summed E-state index contributed by atoms with van der Waals surface area (Å²) in [7, 11) is 3.07. The van der Waals surface area contributed by atoms with Crippen LogP contribution < -0.4 is 14.8 Å². The summed E-state index contributed by atoms with van der Waals surface area (Å²) in [4.78, 5) is 31.0. The number of ether oxygens (including phenoxy) is 2. The Kier molecular flexibility index (Phi) is 5.28. The molecule has 3 amide bonds. The molecule has 1 atom stereocenters. The number of nitrogens with one attached hydrogen (secondary N) is 1. The van der Waals surface area contributed by atoms with Gasteiger partial charge in [-0.25, -0.2) is 4.79 Å². The van der Waals surface area contributed by atoms with Crippen LogP contribution in [0.2, 0.25) is 5.02 Å². The van der Waals surface area contributed by atoms with E-state index in [1.165, 1.54) is 7.11 Å². The molecule has 1 saturated heterocycles. The number of rotatable bonds is 6. The Morgan fingerprint density at radius 2 is 1.94 bits per heavy atom. The third kappa shape index (κ3) is 3.57. The number of amides is 3. The van der Waals surface area contributed by atoms with Crippen LogP contribution in [-0.4, -0.2) is 41.2 Å². The number of hydrogen-bond acceptors (Lipinski definition) is 7. The second kappa shape index (κ2) is 7.92. The number of hydrogen-bond donors (Lipinski definition) is 1. The molecular weight excluding hydrogens is 424 g/mol. The molecule has 0 bridgehead atoms. The van der Waals surface area contributed by atoms with Crippen molar-refractivity contribution in [2.45, 2.75) is 19.0 Å². The quantitative estimate of drug-likeness (QED) is 0.583. The maximum Gasteiger partial charge on any atom is 0.325 e. The summed E-state index contributed by atoms with van der Waals surface area (Å²) in [6.07, 6.45) is 0. The average Bonchev–Trinajstić information content (AvgIpc) is 3.32. The molecule has 3 aromatic rings. The summed E-state index contributed by atoms with van der Waals surface area (Å²) in [5.41, 5.74) is -0.208. The molecule has 1 fully saturated rings. The van der Waals surface area contributed by atoms with Crippen LogP contribution >= 0.6 is 11.6 Å². The zero-order valence-corrected chi connectivity index (χ0v) is 17.8. The Morgan fingerprint density at radius 3 is 2.65 bits per heavy atom. The van der Waals surface area contributed by atoms with E-state index in [2.05, 4.69) is 15.5 Å². The number of aromatic nitrogens is 2. The SMILES string of the molecule is COc1ccc(-c2noc(CN3C(=O)N[C@@](C)(c4ccccc4Cl)C3=O)n2)c(OC)c1. The van der Waals surface area contributed by atoms with E-state index in [1.807, 2.05) is 0 Å². The normalized spacial score (nSPS) is 18.3. The van der Waals surface area contributed by atoms with Gasteiger partial charge in [0.1, 0.15) is 23.6 Å². The largest absolute Gasteiger partial charge is 0.497 e. The van der Waals surface area contributed by atoms with Gasteiger partial charge in [0, 0.05) is 16.7 Å². The molecule has 160 valence electrons. The highest BCUT2D eigenvalue weighted by molar-refractivity contribution is 6.32. The van der Waals surface area contributed by atoms with Crippen molar-refractivity contribution in [3.05, 3.63) is 58.9 Å². The molecule has 1 aliphatic rings. The van der Waals surface area contributed by atoms with Crippen LogP contribution in [0, 0.1) is 0 Å². The van der Waals surface area contributed by atoms with E-state index < -0.39 is 17.5 Å². The number of carbonyl (C=O) groups is 2. The molecule has 0 radical (unpaired) electrons.